The summed E-state index contributed by atoms with van der Waals surface area (Å²) < 4.78 is 1.62. The molecule has 0 aliphatic rings. The number of carbonyl (C=O) groups excluding carboxylic acids is 1. The van der Waals surface area contributed by atoms with E-state index in [4.69, 9.17) is 0 Å². The van der Waals surface area contributed by atoms with Gasteiger partial charge in [-0.05, 0) is 22.9 Å². The van der Waals surface area contributed by atoms with Crippen LogP contribution in [-0.2, 0) is 11.3 Å². The van der Waals surface area contributed by atoms with Gasteiger partial charge >= 0.3 is 0 Å². The number of Topliss-reactive ketones (excluding diaryl/α,β-unsaturated/α-hetero) is 1. The molecule has 0 N–H and O–H groups in total. The smallest absolute Gasteiger partial charge is 0.268 e. The van der Waals surface area contributed by atoms with Crippen LogP contribution in [0, 0.1) is 0 Å². The minimum absolute atomic E-state index is 0.0722. The highest BCUT2D eigenvalue weighted by Gasteiger charge is 2.01. The van der Waals surface area contributed by atoms with E-state index in [1.54, 1.807) is 0 Å². The van der Waals surface area contributed by atoms with Crippen LogP contribution >= 0.6 is 15.9 Å². The molecule has 0 aliphatic heterocycles. The lowest BCUT2D eigenvalue weighted by molar-refractivity contribution is -0.117. The molecule has 0 saturated carbocycles. The Labute approximate surface area is 77.4 Å². The van der Waals surface area contributed by atoms with Crippen LogP contribution < -0.4 is 5.56 Å². The molecule has 12 heavy (non-hydrogen) atoms. The van der Waals surface area contributed by atoms with Crippen molar-refractivity contribution in [1.82, 2.24) is 9.55 Å². The van der Waals surface area contributed by atoms with Crippen molar-refractivity contribution in [1.29, 1.82) is 0 Å². The quantitative estimate of drug-likeness (QED) is 0.748. The second kappa shape index (κ2) is 3.62. The highest BCUT2D eigenvalue weighted by Crippen LogP contribution is 1.97. The Morgan fingerprint density at radius 1 is 1.75 bits per heavy atom. The van der Waals surface area contributed by atoms with Crippen molar-refractivity contribution < 1.29 is 4.79 Å². The first-order valence-corrected chi connectivity index (χ1v) is 4.10. The molecule has 1 aromatic rings. The Balaban J connectivity index is 3.09. The SMILES string of the molecule is CC(=O)Cn1cncc(Br)c1=O. The zero-order valence-corrected chi connectivity index (χ0v) is 8.04. The molecular formula is C7H7BrN2O2. The normalized spacial score (nSPS) is 9.83. The summed E-state index contributed by atoms with van der Waals surface area (Å²) >= 11 is 3.03. The zero-order valence-electron chi connectivity index (χ0n) is 6.45. The van der Waals surface area contributed by atoms with Gasteiger partial charge in [-0.2, -0.15) is 0 Å². The Morgan fingerprint density at radius 3 is 3.00 bits per heavy atom. The van der Waals surface area contributed by atoms with Gasteiger partial charge in [0.05, 0.1) is 12.9 Å². The van der Waals surface area contributed by atoms with Crippen molar-refractivity contribution in [3.63, 3.8) is 0 Å². The topological polar surface area (TPSA) is 52.0 Å². The van der Waals surface area contributed by atoms with Crippen LogP contribution in [0.5, 0.6) is 0 Å². The fourth-order valence-corrected chi connectivity index (χ4v) is 1.12. The van der Waals surface area contributed by atoms with Crippen molar-refractivity contribution >= 4 is 21.7 Å². The van der Waals surface area contributed by atoms with Crippen LogP contribution in [-0.4, -0.2) is 15.3 Å². The van der Waals surface area contributed by atoms with E-state index in [0.29, 0.717) is 4.47 Å². The van der Waals surface area contributed by atoms with E-state index >= 15 is 0 Å². The maximum absolute atomic E-state index is 11.2. The van der Waals surface area contributed by atoms with E-state index in [9.17, 15) is 9.59 Å². The molecule has 0 amide bonds. The van der Waals surface area contributed by atoms with E-state index in [-0.39, 0.29) is 17.9 Å². The minimum Gasteiger partial charge on any atom is -0.298 e. The summed E-state index contributed by atoms with van der Waals surface area (Å²) in [5, 5.41) is 0. The van der Waals surface area contributed by atoms with Gasteiger partial charge in [0.15, 0.2) is 0 Å². The summed E-state index contributed by atoms with van der Waals surface area (Å²) in [7, 11) is 0. The Bertz CT molecular complexity index is 359. The monoisotopic (exact) mass is 230 g/mol. The number of rotatable bonds is 2. The second-order valence-electron chi connectivity index (χ2n) is 2.38. The molecule has 1 heterocycles. The molecule has 1 rings (SSSR count). The highest BCUT2D eigenvalue weighted by molar-refractivity contribution is 9.10. The molecular weight excluding hydrogens is 224 g/mol. The molecule has 0 aromatic carbocycles. The van der Waals surface area contributed by atoms with Gasteiger partial charge in [0.25, 0.3) is 5.56 Å². The largest absolute Gasteiger partial charge is 0.298 e. The van der Waals surface area contributed by atoms with Crippen molar-refractivity contribution in [2.45, 2.75) is 13.5 Å². The molecule has 64 valence electrons. The Hall–Kier alpha value is -0.970. The number of aromatic nitrogens is 2. The Morgan fingerprint density at radius 2 is 2.42 bits per heavy atom. The maximum Gasteiger partial charge on any atom is 0.268 e. The van der Waals surface area contributed by atoms with E-state index < -0.39 is 0 Å². The molecule has 0 aliphatic carbocycles. The van der Waals surface area contributed by atoms with Gasteiger partial charge in [0.2, 0.25) is 0 Å². The van der Waals surface area contributed by atoms with Gasteiger partial charge in [-0.15, -0.1) is 0 Å². The molecule has 4 nitrogen and oxygen atoms in total. The van der Waals surface area contributed by atoms with Crippen LogP contribution in [0.15, 0.2) is 21.8 Å². The number of halogens is 1. The molecule has 0 saturated heterocycles. The summed E-state index contributed by atoms with van der Waals surface area (Å²) in [4.78, 5) is 25.7. The van der Waals surface area contributed by atoms with Gasteiger partial charge in [-0.25, -0.2) is 4.98 Å². The molecule has 0 fully saturated rings. The average Bonchev–Trinajstić information content (AvgIpc) is 1.98. The van der Waals surface area contributed by atoms with Crippen LogP contribution in [0.3, 0.4) is 0 Å². The van der Waals surface area contributed by atoms with Crippen LogP contribution in [0.2, 0.25) is 0 Å². The summed E-state index contributed by atoms with van der Waals surface area (Å²) in [6.07, 6.45) is 2.74. The fraction of sp³-hybridized carbons (Fsp3) is 0.286. The predicted octanol–water partition coefficient (Wildman–Crippen LogP) is 0.595. The first-order chi connectivity index (χ1) is 5.61. The molecule has 1 aromatic heterocycles. The standard InChI is InChI=1S/C7H7BrN2O2/c1-5(11)3-10-4-9-2-6(8)7(10)12/h2,4H,3H2,1H3. The second-order valence-corrected chi connectivity index (χ2v) is 3.23. The molecule has 0 bridgehead atoms. The van der Waals surface area contributed by atoms with Gasteiger partial charge < -0.3 is 0 Å². The maximum atomic E-state index is 11.2. The first-order valence-electron chi connectivity index (χ1n) is 3.30. The van der Waals surface area contributed by atoms with E-state index in [0.717, 1.165) is 0 Å². The number of hydrogen-bond donors (Lipinski definition) is 0. The van der Waals surface area contributed by atoms with Crippen LogP contribution in [0.25, 0.3) is 0 Å². The highest BCUT2D eigenvalue weighted by atomic mass is 79.9. The van der Waals surface area contributed by atoms with Crippen molar-refractivity contribution in [3.8, 4) is 0 Å². The summed E-state index contributed by atoms with van der Waals surface area (Å²) in [5.74, 6) is -0.0722. The van der Waals surface area contributed by atoms with Crippen molar-refractivity contribution in [2.24, 2.45) is 0 Å². The summed E-state index contributed by atoms with van der Waals surface area (Å²) in [6, 6.07) is 0. The molecule has 0 spiro atoms. The molecule has 0 unspecified atom stereocenters. The van der Waals surface area contributed by atoms with Gasteiger partial charge in [0, 0.05) is 6.20 Å². The lowest BCUT2D eigenvalue weighted by Gasteiger charge is -2.00. The van der Waals surface area contributed by atoms with Gasteiger partial charge in [-0.1, -0.05) is 0 Å². The third-order valence-electron chi connectivity index (χ3n) is 1.25. The van der Waals surface area contributed by atoms with Gasteiger partial charge in [0.1, 0.15) is 10.3 Å². The zero-order chi connectivity index (χ0) is 9.14. The third kappa shape index (κ3) is 2.01. The average molecular weight is 231 g/mol. The van der Waals surface area contributed by atoms with Gasteiger partial charge in [-0.3, -0.25) is 14.2 Å². The number of carbonyl (C=O) groups is 1. The van der Waals surface area contributed by atoms with Crippen molar-refractivity contribution in [3.05, 3.63) is 27.4 Å². The van der Waals surface area contributed by atoms with E-state index in [1.165, 1.54) is 24.0 Å². The lowest BCUT2D eigenvalue weighted by Crippen LogP contribution is -2.23. The number of hydrogen-bond acceptors (Lipinski definition) is 3. The van der Waals surface area contributed by atoms with E-state index in [2.05, 4.69) is 20.9 Å². The fourth-order valence-electron chi connectivity index (χ4n) is 0.777. The lowest BCUT2D eigenvalue weighted by atomic mass is 10.4. The summed E-state index contributed by atoms with van der Waals surface area (Å²) in [5.41, 5.74) is -0.236. The predicted molar refractivity (Wildman–Crippen MR) is 46.9 cm³/mol. The van der Waals surface area contributed by atoms with Crippen molar-refractivity contribution in [2.75, 3.05) is 0 Å². The minimum atomic E-state index is -0.236. The number of ketones is 1. The summed E-state index contributed by atoms with van der Waals surface area (Å²) in [6.45, 7) is 1.50. The third-order valence-corrected chi connectivity index (χ3v) is 1.80. The van der Waals surface area contributed by atoms with Crippen LogP contribution in [0.4, 0.5) is 0 Å². The molecule has 0 atom stereocenters. The Kier molecular flexibility index (Phi) is 2.75. The number of nitrogens with zero attached hydrogens (tertiary/aromatic N) is 2. The van der Waals surface area contributed by atoms with E-state index in [1.807, 2.05) is 0 Å². The molecule has 5 heteroatoms. The molecule has 0 radical (unpaired) electrons. The van der Waals surface area contributed by atoms with Crippen LogP contribution in [0.1, 0.15) is 6.92 Å². The first kappa shape index (κ1) is 9.12.